The molecule has 0 saturated heterocycles. The number of rotatable bonds is 4. The van der Waals surface area contributed by atoms with Crippen molar-refractivity contribution < 1.29 is 9.53 Å². The number of nitrogens with two attached hydrogens (primary N) is 1. The molecule has 0 spiro atoms. The van der Waals surface area contributed by atoms with Crippen molar-refractivity contribution in [2.24, 2.45) is 0 Å². The smallest absolute Gasteiger partial charge is 0.255 e. The number of methoxy groups -OCH3 is 1. The molecule has 0 heterocycles. The van der Waals surface area contributed by atoms with E-state index in [9.17, 15) is 4.79 Å². The Morgan fingerprint density at radius 2 is 2.05 bits per heavy atom. The number of halogens is 1. The van der Waals surface area contributed by atoms with Crippen LogP contribution in [0, 0.1) is 0 Å². The van der Waals surface area contributed by atoms with Crippen molar-refractivity contribution in [3.8, 4) is 0 Å². The SMILES string of the molecule is COCc1ccccc1NC(=O)c1ccc(Cl)c(N)c1. The van der Waals surface area contributed by atoms with Crippen LogP contribution in [0.2, 0.25) is 5.02 Å². The molecule has 0 fully saturated rings. The highest BCUT2D eigenvalue weighted by atomic mass is 35.5. The second-order valence-electron chi connectivity index (χ2n) is 4.28. The summed E-state index contributed by atoms with van der Waals surface area (Å²) in [5.74, 6) is -0.239. The van der Waals surface area contributed by atoms with Crippen LogP contribution in [0.1, 0.15) is 15.9 Å². The second-order valence-corrected chi connectivity index (χ2v) is 4.69. The molecule has 0 bridgehead atoms. The maximum absolute atomic E-state index is 12.2. The molecule has 0 aliphatic carbocycles. The fraction of sp³-hybridized carbons (Fsp3) is 0.133. The molecule has 0 aliphatic rings. The van der Waals surface area contributed by atoms with Crippen molar-refractivity contribution in [3.05, 3.63) is 58.6 Å². The van der Waals surface area contributed by atoms with Crippen LogP contribution >= 0.6 is 11.6 Å². The van der Waals surface area contributed by atoms with Crippen LogP contribution in [0.25, 0.3) is 0 Å². The zero-order valence-corrected chi connectivity index (χ0v) is 11.8. The zero-order chi connectivity index (χ0) is 14.5. The number of hydrogen-bond donors (Lipinski definition) is 2. The summed E-state index contributed by atoms with van der Waals surface area (Å²) in [4.78, 5) is 12.2. The lowest BCUT2D eigenvalue weighted by Crippen LogP contribution is -2.13. The molecule has 104 valence electrons. The number of carbonyl (C=O) groups is 1. The summed E-state index contributed by atoms with van der Waals surface area (Å²) in [5.41, 5.74) is 8.16. The Kier molecular flexibility index (Phi) is 4.61. The van der Waals surface area contributed by atoms with E-state index in [4.69, 9.17) is 22.1 Å². The Labute approximate surface area is 122 Å². The highest BCUT2D eigenvalue weighted by molar-refractivity contribution is 6.33. The minimum atomic E-state index is -0.239. The van der Waals surface area contributed by atoms with Gasteiger partial charge in [0.25, 0.3) is 5.91 Å². The lowest BCUT2D eigenvalue weighted by atomic mass is 10.1. The van der Waals surface area contributed by atoms with Gasteiger partial charge in [-0.1, -0.05) is 29.8 Å². The predicted octanol–water partition coefficient (Wildman–Crippen LogP) is 3.32. The van der Waals surface area contributed by atoms with Crippen molar-refractivity contribution in [2.75, 3.05) is 18.2 Å². The average molecular weight is 291 g/mol. The van der Waals surface area contributed by atoms with Crippen molar-refractivity contribution in [2.45, 2.75) is 6.61 Å². The van der Waals surface area contributed by atoms with Crippen LogP contribution in [-0.2, 0) is 11.3 Å². The van der Waals surface area contributed by atoms with Crippen LogP contribution in [0.15, 0.2) is 42.5 Å². The molecule has 20 heavy (non-hydrogen) atoms. The summed E-state index contributed by atoms with van der Waals surface area (Å²) in [6.07, 6.45) is 0. The highest BCUT2D eigenvalue weighted by Gasteiger charge is 2.10. The van der Waals surface area contributed by atoms with Gasteiger partial charge in [-0.15, -0.1) is 0 Å². The van der Waals surface area contributed by atoms with Gasteiger partial charge in [-0.2, -0.15) is 0 Å². The first-order valence-electron chi connectivity index (χ1n) is 6.05. The first-order valence-corrected chi connectivity index (χ1v) is 6.43. The van der Waals surface area contributed by atoms with Crippen LogP contribution in [0.5, 0.6) is 0 Å². The van der Waals surface area contributed by atoms with Crippen molar-refractivity contribution in [1.82, 2.24) is 0 Å². The lowest BCUT2D eigenvalue weighted by Gasteiger charge is -2.11. The van der Waals surface area contributed by atoms with Gasteiger partial charge in [0.1, 0.15) is 0 Å². The molecular formula is C15H15ClN2O2. The molecule has 1 amide bonds. The number of ether oxygens (including phenoxy) is 1. The molecule has 2 aromatic rings. The quantitative estimate of drug-likeness (QED) is 0.849. The normalized spacial score (nSPS) is 10.3. The van der Waals surface area contributed by atoms with Gasteiger partial charge in [0.15, 0.2) is 0 Å². The predicted molar refractivity (Wildman–Crippen MR) is 81.0 cm³/mol. The van der Waals surface area contributed by atoms with Gasteiger partial charge < -0.3 is 15.8 Å². The van der Waals surface area contributed by atoms with E-state index in [1.807, 2.05) is 24.3 Å². The molecule has 5 heteroatoms. The maximum Gasteiger partial charge on any atom is 0.255 e. The summed E-state index contributed by atoms with van der Waals surface area (Å²) in [6.45, 7) is 0.430. The maximum atomic E-state index is 12.2. The number of nitrogens with one attached hydrogen (secondary N) is 1. The molecule has 4 nitrogen and oxygen atoms in total. The van der Waals surface area contributed by atoms with Crippen LogP contribution in [0.3, 0.4) is 0 Å². The Bertz CT molecular complexity index is 629. The van der Waals surface area contributed by atoms with E-state index in [-0.39, 0.29) is 5.91 Å². The van der Waals surface area contributed by atoms with Gasteiger partial charge in [0, 0.05) is 23.9 Å². The third kappa shape index (κ3) is 3.29. The summed E-state index contributed by atoms with van der Waals surface area (Å²) in [6, 6.07) is 12.3. The van der Waals surface area contributed by atoms with Gasteiger partial charge in [0.05, 0.1) is 17.3 Å². The minimum Gasteiger partial charge on any atom is -0.398 e. The largest absolute Gasteiger partial charge is 0.398 e. The molecule has 2 aromatic carbocycles. The standard InChI is InChI=1S/C15H15ClN2O2/c1-20-9-11-4-2-3-5-14(11)18-15(19)10-6-7-12(16)13(17)8-10/h2-8H,9,17H2,1H3,(H,18,19). The lowest BCUT2D eigenvalue weighted by molar-refractivity contribution is 0.102. The number of carbonyl (C=O) groups excluding carboxylic acids is 1. The third-order valence-corrected chi connectivity index (χ3v) is 3.17. The van der Waals surface area contributed by atoms with E-state index in [1.54, 1.807) is 25.3 Å². The minimum absolute atomic E-state index is 0.239. The molecule has 0 atom stereocenters. The van der Waals surface area contributed by atoms with Crippen LogP contribution in [-0.4, -0.2) is 13.0 Å². The monoisotopic (exact) mass is 290 g/mol. The molecular weight excluding hydrogens is 276 g/mol. The molecule has 2 rings (SSSR count). The van der Waals surface area contributed by atoms with Gasteiger partial charge >= 0.3 is 0 Å². The van der Waals surface area contributed by atoms with Crippen molar-refractivity contribution in [1.29, 1.82) is 0 Å². The van der Waals surface area contributed by atoms with Gasteiger partial charge in [0.2, 0.25) is 0 Å². The third-order valence-electron chi connectivity index (χ3n) is 2.82. The summed E-state index contributed by atoms with van der Waals surface area (Å²) < 4.78 is 5.10. The Morgan fingerprint density at radius 3 is 2.75 bits per heavy atom. The summed E-state index contributed by atoms with van der Waals surface area (Å²) in [7, 11) is 1.61. The molecule has 0 aromatic heterocycles. The number of nitrogen functional groups attached to an aromatic ring is 1. The van der Waals surface area contributed by atoms with E-state index in [1.165, 1.54) is 0 Å². The Balaban J connectivity index is 2.21. The fourth-order valence-electron chi connectivity index (χ4n) is 1.80. The van der Waals surface area contributed by atoms with E-state index >= 15 is 0 Å². The summed E-state index contributed by atoms with van der Waals surface area (Å²) in [5, 5.41) is 3.27. The molecule has 0 radical (unpaired) electrons. The first-order chi connectivity index (χ1) is 9.61. The average Bonchev–Trinajstić information content (AvgIpc) is 2.44. The number of benzene rings is 2. The molecule has 0 aliphatic heterocycles. The Morgan fingerprint density at radius 1 is 1.30 bits per heavy atom. The Hall–Kier alpha value is -2.04. The topological polar surface area (TPSA) is 64.3 Å². The number of anilines is 2. The van der Waals surface area contributed by atoms with E-state index in [0.717, 1.165) is 5.56 Å². The van der Waals surface area contributed by atoms with Crippen molar-refractivity contribution >= 4 is 28.9 Å². The number of hydrogen-bond acceptors (Lipinski definition) is 3. The van der Waals surface area contributed by atoms with E-state index in [0.29, 0.717) is 28.6 Å². The van der Waals surface area contributed by atoms with Crippen LogP contribution < -0.4 is 11.1 Å². The number of amides is 1. The number of para-hydroxylation sites is 1. The second kappa shape index (κ2) is 6.41. The van der Waals surface area contributed by atoms with E-state index < -0.39 is 0 Å². The van der Waals surface area contributed by atoms with Crippen molar-refractivity contribution in [3.63, 3.8) is 0 Å². The molecule has 3 N–H and O–H groups in total. The van der Waals surface area contributed by atoms with Gasteiger partial charge in [-0.3, -0.25) is 4.79 Å². The highest BCUT2D eigenvalue weighted by Crippen LogP contribution is 2.21. The van der Waals surface area contributed by atoms with Gasteiger partial charge in [-0.05, 0) is 24.3 Å². The summed E-state index contributed by atoms with van der Waals surface area (Å²) >= 11 is 5.84. The molecule has 0 saturated carbocycles. The fourth-order valence-corrected chi connectivity index (χ4v) is 1.92. The zero-order valence-electron chi connectivity index (χ0n) is 11.0. The molecule has 0 unspecified atom stereocenters. The van der Waals surface area contributed by atoms with Crippen LogP contribution in [0.4, 0.5) is 11.4 Å². The van der Waals surface area contributed by atoms with E-state index in [2.05, 4.69) is 5.32 Å². The van der Waals surface area contributed by atoms with Gasteiger partial charge in [-0.25, -0.2) is 0 Å². The first kappa shape index (κ1) is 14.4.